The molecule has 1 heterocycles. The molecule has 2 aromatic rings. The van der Waals surface area contributed by atoms with E-state index in [-0.39, 0.29) is 11.6 Å². The number of ether oxygens (including phenoxy) is 1. The lowest BCUT2D eigenvalue weighted by molar-refractivity contribution is 0.278. The minimum absolute atomic E-state index is 0.283. The van der Waals surface area contributed by atoms with Crippen molar-refractivity contribution in [3.05, 3.63) is 48.0 Å². The molecular formula is C15H20FN3O. The maximum absolute atomic E-state index is 13.9. The molecule has 0 radical (unpaired) electrons. The second-order valence-electron chi connectivity index (χ2n) is 4.92. The van der Waals surface area contributed by atoms with E-state index in [1.54, 1.807) is 16.9 Å². The van der Waals surface area contributed by atoms with E-state index in [1.165, 1.54) is 6.07 Å². The van der Waals surface area contributed by atoms with Crippen molar-refractivity contribution in [3.8, 4) is 5.75 Å². The van der Waals surface area contributed by atoms with Gasteiger partial charge >= 0.3 is 0 Å². The van der Waals surface area contributed by atoms with Gasteiger partial charge in [0.05, 0.1) is 6.54 Å². The molecule has 0 aliphatic rings. The fourth-order valence-electron chi connectivity index (χ4n) is 1.78. The van der Waals surface area contributed by atoms with E-state index in [1.807, 2.05) is 18.3 Å². The Balaban J connectivity index is 1.85. The molecule has 0 saturated carbocycles. The first kappa shape index (κ1) is 14.5. The molecule has 0 saturated heterocycles. The number of hydrogen-bond acceptors (Lipinski definition) is 3. The lowest BCUT2D eigenvalue weighted by Crippen LogP contribution is -2.21. The van der Waals surface area contributed by atoms with Gasteiger partial charge in [-0.25, -0.2) is 4.39 Å². The van der Waals surface area contributed by atoms with Crippen LogP contribution >= 0.6 is 0 Å². The van der Waals surface area contributed by atoms with Gasteiger partial charge in [0.1, 0.15) is 6.61 Å². The molecule has 4 nitrogen and oxygen atoms in total. The van der Waals surface area contributed by atoms with Gasteiger partial charge in [0.15, 0.2) is 11.6 Å². The third-order valence-electron chi connectivity index (χ3n) is 2.85. The maximum atomic E-state index is 13.9. The highest BCUT2D eigenvalue weighted by atomic mass is 19.1. The van der Waals surface area contributed by atoms with Crippen LogP contribution in [-0.4, -0.2) is 22.4 Å². The SMILES string of the molecule is CC(C)NCc1ccc(OCCn2cccn2)c(F)c1. The fraction of sp³-hybridized carbons (Fsp3) is 0.400. The molecule has 0 bridgehead atoms. The van der Waals surface area contributed by atoms with E-state index in [0.717, 1.165) is 5.56 Å². The normalized spacial score (nSPS) is 11.0. The third-order valence-corrected chi connectivity index (χ3v) is 2.85. The standard InChI is InChI=1S/C15H20FN3O/c1-12(2)17-11-13-4-5-15(14(16)10-13)20-9-8-19-7-3-6-18-19/h3-7,10,12,17H,8-9,11H2,1-2H3. The molecule has 5 heteroatoms. The summed E-state index contributed by atoms with van der Waals surface area (Å²) in [5.74, 6) is -0.0426. The lowest BCUT2D eigenvalue weighted by atomic mass is 10.2. The van der Waals surface area contributed by atoms with Crippen molar-refractivity contribution < 1.29 is 9.13 Å². The fourth-order valence-corrected chi connectivity index (χ4v) is 1.78. The molecule has 1 aromatic heterocycles. The molecule has 1 aromatic carbocycles. The second-order valence-corrected chi connectivity index (χ2v) is 4.92. The van der Waals surface area contributed by atoms with E-state index in [0.29, 0.717) is 25.7 Å². The molecule has 0 fully saturated rings. The van der Waals surface area contributed by atoms with Gasteiger partial charge in [0.2, 0.25) is 0 Å². The minimum atomic E-state index is -0.325. The summed E-state index contributed by atoms with van der Waals surface area (Å²) in [4.78, 5) is 0. The van der Waals surface area contributed by atoms with Crippen LogP contribution in [0.1, 0.15) is 19.4 Å². The van der Waals surface area contributed by atoms with E-state index in [4.69, 9.17) is 4.74 Å². The number of hydrogen-bond donors (Lipinski definition) is 1. The van der Waals surface area contributed by atoms with Crippen molar-refractivity contribution in [1.29, 1.82) is 0 Å². The Bertz CT molecular complexity index is 526. The Morgan fingerprint density at radius 3 is 2.90 bits per heavy atom. The topological polar surface area (TPSA) is 39.1 Å². The van der Waals surface area contributed by atoms with Gasteiger partial charge in [-0.1, -0.05) is 19.9 Å². The predicted octanol–water partition coefficient (Wildman–Crippen LogP) is 2.60. The second kappa shape index (κ2) is 7.05. The number of nitrogens with one attached hydrogen (secondary N) is 1. The lowest BCUT2D eigenvalue weighted by Gasteiger charge is -2.11. The molecule has 0 amide bonds. The number of aromatic nitrogens is 2. The predicted molar refractivity (Wildman–Crippen MR) is 76.1 cm³/mol. The quantitative estimate of drug-likeness (QED) is 0.845. The van der Waals surface area contributed by atoms with Crippen LogP contribution in [0.25, 0.3) is 0 Å². The highest BCUT2D eigenvalue weighted by Gasteiger charge is 2.05. The summed E-state index contributed by atoms with van der Waals surface area (Å²) >= 11 is 0. The monoisotopic (exact) mass is 277 g/mol. The highest BCUT2D eigenvalue weighted by molar-refractivity contribution is 5.29. The van der Waals surface area contributed by atoms with Crippen LogP contribution in [0, 0.1) is 5.82 Å². The first-order valence-corrected chi connectivity index (χ1v) is 6.77. The highest BCUT2D eigenvalue weighted by Crippen LogP contribution is 2.18. The van der Waals surface area contributed by atoms with Gasteiger partial charge in [-0.2, -0.15) is 5.10 Å². The van der Waals surface area contributed by atoms with Gasteiger partial charge in [0, 0.05) is 25.0 Å². The molecule has 0 aliphatic heterocycles. The van der Waals surface area contributed by atoms with E-state index in [2.05, 4.69) is 24.3 Å². The van der Waals surface area contributed by atoms with Gasteiger partial charge in [-0.3, -0.25) is 4.68 Å². The Kier molecular flexibility index (Phi) is 5.12. The van der Waals surface area contributed by atoms with Gasteiger partial charge < -0.3 is 10.1 Å². The smallest absolute Gasteiger partial charge is 0.165 e. The Morgan fingerprint density at radius 2 is 2.25 bits per heavy atom. The Hall–Kier alpha value is -1.88. The molecule has 20 heavy (non-hydrogen) atoms. The zero-order valence-electron chi connectivity index (χ0n) is 11.8. The van der Waals surface area contributed by atoms with Gasteiger partial charge in [-0.05, 0) is 23.8 Å². The number of benzene rings is 1. The minimum Gasteiger partial charge on any atom is -0.489 e. The van der Waals surface area contributed by atoms with Crippen molar-refractivity contribution in [3.63, 3.8) is 0 Å². The third kappa shape index (κ3) is 4.35. The summed E-state index contributed by atoms with van der Waals surface area (Å²) in [5, 5.41) is 7.31. The van der Waals surface area contributed by atoms with Crippen LogP contribution in [0.15, 0.2) is 36.7 Å². The molecule has 0 unspecified atom stereocenters. The molecule has 2 rings (SSSR count). The Morgan fingerprint density at radius 1 is 1.40 bits per heavy atom. The number of halogens is 1. The van der Waals surface area contributed by atoms with Crippen molar-refractivity contribution in [1.82, 2.24) is 15.1 Å². The van der Waals surface area contributed by atoms with E-state index >= 15 is 0 Å². The molecule has 0 atom stereocenters. The molecule has 108 valence electrons. The van der Waals surface area contributed by atoms with Crippen LogP contribution in [0.3, 0.4) is 0 Å². The first-order chi connectivity index (χ1) is 9.65. The van der Waals surface area contributed by atoms with E-state index < -0.39 is 0 Å². The van der Waals surface area contributed by atoms with Crippen LogP contribution in [0.5, 0.6) is 5.75 Å². The Labute approximate surface area is 118 Å². The van der Waals surface area contributed by atoms with Crippen molar-refractivity contribution in [2.45, 2.75) is 33.0 Å². The zero-order chi connectivity index (χ0) is 14.4. The molecular weight excluding hydrogens is 257 g/mol. The number of nitrogens with zero attached hydrogens (tertiary/aromatic N) is 2. The largest absolute Gasteiger partial charge is 0.489 e. The average molecular weight is 277 g/mol. The summed E-state index contributed by atoms with van der Waals surface area (Å²) in [5.41, 5.74) is 0.913. The van der Waals surface area contributed by atoms with E-state index in [9.17, 15) is 4.39 Å². The number of rotatable bonds is 7. The van der Waals surface area contributed by atoms with Crippen molar-refractivity contribution in [2.24, 2.45) is 0 Å². The van der Waals surface area contributed by atoms with Crippen molar-refractivity contribution >= 4 is 0 Å². The summed E-state index contributed by atoms with van der Waals surface area (Å²) in [7, 11) is 0. The first-order valence-electron chi connectivity index (χ1n) is 6.77. The molecule has 0 aliphatic carbocycles. The maximum Gasteiger partial charge on any atom is 0.165 e. The van der Waals surface area contributed by atoms with Gasteiger partial charge in [0.25, 0.3) is 0 Å². The summed E-state index contributed by atoms with van der Waals surface area (Å²) < 4.78 is 21.0. The van der Waals surface area contributed by atoms with Crippen LogP contribution in [0.2, 0.25) is 0 Å². The van der Waals surface area contributed by atoms with Crippen LogP contribution < -0.4 is 10.1 Å². The van der Waals surface area contributed by atoms with Crippen molar-refractivity contribution in [2.75, 3.05) is 6.61 Å². The summed E-state index contributed by atoms with van der Waals surface area (Å²) in [6, 6.07) is 7.29. The van der Waals surface area contributed by atoms with Crippen LogP contribution in [0.4, 0.5) is 4.39 Å². The summed E-state index contributed by atoms with van der Waals surface area (Å²) in [6.07, 6.45) is 3.55. The molecule has 1 N–H and O–H groups in total. The molecule has 0 spiro atoms. The van der Waals surface area contributed by atoms with Crippen LogP contribution in [-0.2, 0) is 13.1 Å². The summed E-state index contributed by atoms with van der Waals surface area (Å²) in [6.45, 7) is 5.76. The zero-order valence-corrected chi connectivity index (χ0v) is 11.8. The average Bonchev–Trinajstić information content (AvgIpc) is 2.92. The van der Waals surface area contributed by atoms with Gasteiger partial charge in [-0.15, -0.1) is 0 Å².